The molecule has 1 N–H and O–H groups in total. The van der Waals surface area contributed by atoms with E-state index in [0.29, 0.717) is 24.0 Å². The highest BCUT2D eigenvalue weighted by molar-refractivity contribution is 5.86. The fraction of sp³-hybridized carbons (Fsp3) is 0.444. The van der Waals surface area contributed by atoms with Crippen LogP contribution in [0.2, 0.25) is 0 Å². The van der Waals surface area contributed by atoms with Gasteiger partial charge in [0.1, 0.15) is 18.1 Å². The molecule has 1 amide bonds. The van der Waals surface area contributed by atoms with Crippen molar-refractivity contribution in [1.82, 2.24) is 5.32 Å². The Bertz CT molecular complexity index is 627. The molecule has 0 saturated heterocycles. The molecule has 0 aliphatic carbocycles. The van der Waals surface area contributed by atoms with Crippen LogP contribution >= 0.6 is 0 Å². The zero-order valence-corrected chi connectivity index (χ0v) is 15.0. The van der Waals surface area contributed by atoms with Crippen LogP contribution in [0.1, 0.15) is 30.6 Å². The molecule has 0 heterocycles. The highest BCUT2D eigenvalue weighted by Crippen LogP contribution is 2.11. The van der Waals surface area contributed by atoms with Crippen molar-refractivity contribution in [2.75, 3.05) is 20.3 Å². The molecule has 0 aliphatic heterocycles. The van der Waals surface area contributed by atoms with Crippen molar-refractivity contribution in [3.63, 3.8) is 0 Å². The summed E-state index contributed by atoms with van der Waals surface area (Å²) in [4.78, 5) is 45.8. The van der Waals surface area contributed by atoms with Gasteiger partial charge < -0.3 is 19.5 Å². The van der Waals surface area contributed by atoms with Crippen LogP contribution in [0.15, 0.2) is 24.3 Å². The van der Waals surface area contributed by atoms with E-state index in [1.54, 1.807) is 19.1 Å². The Morgan fingerprint density at radius 2 is 1.81 bits per heavy atom. The average molecular weight is 365 g/mol. The van der Waals surface area contributed by atoms with Crippen LogP contribution in [-0.4, -0.2) is 50.5 Å². The number of nitrogens with one attached hydrogen (secondary N) is 1. The van der Waals surface area contributed by atoms with Crippen molar-refractivity contribution in [2.24, 2.45) is 5.92 Å². The molecule has 0 spiro atoms. The largest absolute Gasteiger partial charge is 0.482 e. The second kappa shape index (κ2) is 10.9. The summed E-state index contributed by atoms with van der Waals surface area (Å²) in [7, 11) is 1.24. The van der Waals surface area contributed by atoms with Crippen molar-refractivity contribution >= 4 is 24.1 Å². The highest BCUT2D eigenvalue weighted by Gasteiger charge is 2.26. The third kappa shape index (κ3) is 6.92. The second-order valence-electron chi connectivity index (χ2n) is 5.59. The van der Waals surface area contributed by atoms with E-state index < -0.39 is 30.5 Å². The Morgan fingerprint density at radius 1 is 1.15 bits per heavy atom. The van der Waals surface area contributed by atoms with Gasteiger partial charge >= 0.3 is 11.9 Å². The number of ether oxygens (including phenoxy) is 3. The quantitative estimate of drug-likeness (QED) is 0.489. The minimum Gasteiger partial charge on any atom is -0.482 e. The molecule has 0 unspecified atom stereocenters. The smallest absolute Gasteiger partial charge is 0.344 e. The summed E-state index contributed by atoms with van der Waals surface area (Å²) in [6, 6.07) is 5.36. The number of esters is 2. The zero-order valence-electron chi connectivity index (χ0n) is 15.0. The number of methoxy groups -OCH3 is 1. The predicted octanol–water partition coefficient (Wildman–Crippen LogP) is 1.12. The standard InChI is InChI=1S/C18H23NO7/c1-4-12(2)17(18(23)24-3)19-15(21)10-26-16(22)11-25-14-7-5-13(9-20)6-8-14/h5-9,12,17H,4,10-11H2,1-3H3,(H,19,21)/t12-,17-/m0/s1. The molecule has 1 aromatic rings. The molecule has 0 aromatic heterocycles. The molecule has 2 atom stereocenters. The minimum absolute atomic E-state index is 0.125. The van der Waals surface area contributed by atoms with Gasteiger partial charge in [-0.25, -0.2) is 9.59 Å². The lowest BCUT2D eigenvalue weighted by Gasteiger charge is -2.21. The van der Waals surface area contributed by atoms with E-state index in [1.165, 1.54) is 19.2 Å². The van der Waals surface area contributed by atoms with Gasteiger partial charge in [0.15, 0.2) is 13.2 Å². The summed E-state index contributed by atoms with van der Waals surface area (Å²) in [6.07, 6.45) is 1.36. The summed E-state index contributed by atoms with van der Waals surface area (Å²) >= 11 is 0. The number of benzene rings is 1. The first-order valence-corrected chi connectivity index (χ1v) is 8.12. The van der Waals surface area contributed by atoms with E-state index in [1.807, 2.05) is 6.92 Å². The molecule has 0 bridgehead atoms. The third-order valence-electron chi connectivity index (χ3n) is 3.72. The van der Waals surface area contributed by atoms with Gasteiger partial charge in [0, 0.05) is 5.56 Å². The van der Waals surface area contributed by atoms with E-state index in [-0.39, 0.29) is 12.5 Å². The predicted molar refractivity (Wildman–Crippen MR) is 91.7 cm³/mol. The van der Waals surface area contributed by atoms with Crippen molar-refractivity contribution in [3.05, 3.63) is 29.8 Å². The average Bonchev–Trinajstić information content (AvgIpc) is 2.67. The summed E-state index contributed by atoms with van der Waals surface area (Å²) < 4.78 is 14.7. The molecule has 8 heteroatoms. The first-order valence-electron chi connectivity index (χ1n) is 8.12. The molecule has 142 valence electrons. The number of hydrogen-bond donors (Lipinski definition) is 1. The van der Waals surface area contributed by atoms with Crippen molar-refractivity contribution in [1.29, 1.82) is 0 Å². The van der Waals surface area contributed by atoms with E-state index in [0.717, 1.165) is 0 Å². The number of amides is 1. The Kier molecular flexibility index (Phi) is 8.83. The lowest BCUT2D eigenvalue weighted by molar-refractivity contribution is -0.152. The molecule has 0 radical (unpaired) electrons. The van der Waals surface area contributed by atoms with Gasteiger partial charge in [-0.2, -0.15) is 0 Å². The topological polar surface area (TPSA) is 108 Å². The molecule has 8 nitrogen and oxygen atoms in total. The van der Waals surface area contributed by atoms with Gasteiger partial charge in [-0.1, -0.05) is 20.3 Å². The molecule has 0 saturated carbocycles. The molecule has 1 aromatic carbocycles. The van der Waals surface area contributed by atoms with E-state index in [4.69, 9.17) is 9.47 Å². The number of aldehydes is 1. The van der Waals surface area contributed by atoms with Gasteiger partial charge in [0.2, 0.25) is 0 Å². The first-order chi connectivity index (χ1) is 12.4. The van der Waals surface area contributed by atoms with Gasteiger partial charge in [0.25, 0.3) is 5.91 Å². The number of rotatable bonds is 10. The van der Waals surface area contributed by atoms with E-state index >= 15 is 0 Å². The fourth-order valence-corrected chi connectivity index (χ4v) is 1.98. The Labute approximate surface area is 151 Å². The molecule has 1 rings (SSSR count). The van der Waals surface area contributed by atoms with Gasteiger partial charge in [-0.05, 0) is 30.2 Å². The molecular weight excluding hydrogens is 342 g/mol. The van der Waals surface area contributed by atoms with E-state index in [2.05, 4.69) is 10.1 Å². The van der Waals surface area contributed by atoms with Gasteiger partial charge in [0.05, 0.1) is 7.11 Å². The molecule has 0 aliphatic rings. The maximum Gasteiger partial charge on any atom is 0.344 e. The number of carbonyl (C=O) groups excluding carboxylic acids is 4. The van der Waals surface area contributed by atoms with Crippen LogP contribution < -0.4 is 10.1 Å². The van der Waals surface area contributed by atoms with Crippen LogP contribution in [0, 0.1) is 5.92 Å². The summed E-state index contributed by atoms with van der Waals surface area (Å²) in [5.74, 6) is -1.64. The van der Waals surface area contributed by atoms with Gasteiger partial charge in [-0.3, -0.25) is 9.59 Å². The summed E-state index contributed by atoms with van der Waals surface area (Å²) in [5, 5.41) is 2.50. The molecule has 0 fully saturated rings. The van der Waals surface area contributed by atoms with Crippen LogP contribution in [0.3, 0.4) is 0 Å². The molecular formula is C18H23NO7. The normalized spacial score (nSPS) is 12.4. The summed E-state index contributed by atoms with van der Waals surface area (Å²) in [5.41, 5.74) is 0.484. The van der Waals surface area contributed by atoms with E-state index in [9.17, 15) is 19.2 Å². The number of carbonyl (C=O) groups is 4. The Balaban J connectivity index is 2.41. The second-order valence-corrected chi connectivity index (χ2v) is 5.59. The Morgan fingerprint density at radius 3 is 2.35 bits per heavy atom. The van der Waals surface area contributed by atoms with Crippen LogP contribution in [0.25, 0.3) is 0 Å². The van der Waals surface area contributed by atoms with Crippen molar-refractivity contribution in [3.8, 4) is 5.75 Å². The van der Waals surface area contributed by atoms with Gasteiger partial charge in [-0.15, -0.1) is 0 Å². The van der Waals surface area contributed by atoms with Crippen molar-refractivity contribution < 1.29 is 33.4 Å². The Hall–Kier alpha value is -2.90. The van der Waals surface area contributed by atoms with Crippen LogP contribution in [0.4, 0.5) is 0 Å². The number of hydrogen-bond acceptors (Lipinski definition) is 7. The SMILES string of the molecule is CC[C@H](C)[C@H](NC(=O)COC(=O)COc1ccc(C=O)cc1)C(=O)OC. The highest BCUT2D eigenvalue weighted by atomic mass is 16.6. The maximum atomic E-state index is 11.9. The zero-order chi connectivity index (χ0) is 19.5. The van der Waals surface area contributed by atoms with Crippen LogP contribution in [-0.2, 0) is 23.9 Å². The monoisotopic (exact) mass is 365 g/mol. The van der Waals surface area contributed by atoms with Crippen molar-refractivity contribution in [2.45, 2.75) is 26.3 Å². The fourth-order valence-electron chi connectivity index (χ4n) is 1.98. The van der Waals surface area contributed by atoms with Crippen LogP contribution in [0.5, 0.6) is 5.75 Å². The third-order valence-corrected chi connectivity index (χ3v) is 3.72. The first kappa shape index (κ1) is 21.1. The minimum atomic E-state index is -0.802. The lowest BCUT2D eigenvalue weighted by atomic mass is 9.99. The molecule has 26 heavy (non-hydrogen) atoms. The lowest BCUT2D eigenvalue weighted by Crippen LogP contribution is -2.47. The maximum absolute atomic E-state index is 11.9. The summed E-state index contributed by atoms with van der Waals surface area (Å²) in [6.45, 7) is 2.76.